The lowest BCUT2D eigenvalue weighted by Crippen LogP contribution is -2.03. The summed E-state index contributed by atoms with van der Waals surface area (Å²) in [6.45, 7) is 2.98. The zero-order chi connectivity index (χ0) is 13.5. The summed E-state index contributed by atoms with van der Waals surface area (Å²) in [6, 6.07) is 7.89. The Morgan fingerprint density at radius 3 is 2.89 bits per heavy atom. The van der Waals surface area contributed by atoms with Crippen molar-refractivity contribution in [3.8, 4) is 11.6 Å². The smallest absolute Gasteiger partial charge is 0.239 e. The minimum absolute atomic E-state index is 0.502. The Morgan fingerprint density at radius 1 is 1.26 bits per heavy atom. The predicted octanol–water partition coefficient (Wildman–Crippen LogP) is 3.81. The molecule has 1 aromatic carbocycles. The van der Waals surface area contributed by atoms with Crippen LogP contribution < -0.4 is 10.1 Å². The van der Waals surface area contributed by atoms with Crippen molar-refractivity contribution in [2.24, 2.45) is 0 Å². The fourth-order valence-electron chi connectivity index (χ4n) is 1.55. The molecule has 0 fully saturated rings. The highest BCUT2D eigenvalue weighted by Gasteiger charge is 2.05. The van der Waals surface area contributed by atoms with E-state index in [0.717, 1.165) is 29.4 Å². The van der Waals surface area contributed by atoms with Gasteiger partial charge in [0.15, 0.2) is 0 Å². The maximum Gasteiger partial charge on any atom is 0.239 e. The average Bonchev–Trinajstić information content (AvgIpc) is 2.46. The zero-order valence-electron chi connectivity index (χ0n) is 11.1. The molecule has 0 aliphatic carbocycles. The van der Waals surface area contributed by atoms with Gasteiger partial charge < -0.3 is 10.1 Å². The molecule has 0 saturated carbocycles. The van der Waals surface area contributed by atoms with E-state index in [2.05, 4.69) is 22.2 Å². The molecule has 19 heavy (non-hydrogen) atoms. The summed E-state index contributed by atoms with van der Waals surface area (Å²) in [7, 11) is 0. The molecule has 1 heterocycles. The van der Waals surface area contributed by atoms with Crippen LogP contribution in [0.2, 0.25) is 0 Å². The van der Waals surface area contributed by atoms with Gasteiger partial charge in [0, 0.05) is 11.4 Å². The Morgan fingerprint density at radius 2 is 2.11 bits per heavy atom. The molecule has 0 atom stereocenters. The summed E-state index contributed by atoms with van der Waals surface area (Å²) in [5, 5.41) is 3.19. The second-order valence-electron chi connectivity index (χ2n) is 3.92. The van der Waals surface area contributed by atoms with Crippen molar-refractivity contribution < 1.29 is 4.74 Å². The first-order chi connectivity index (χ1) is 9.33. The summed E-state index contributed by atoms with van der Waals surface area (Å²) < 4.78 is 5.79. The fraction of sp³-hybridized carbons (Fsp3) is 0.286. The van der Waals surface area contributed by atoms with Gasteiger partial charge in [-0.1, -0.05) is 19.1 Å². The average molecular weight is 275 g/mol. The summed E-state index contributed by atoms with van der Waals surface area (Å²) >= 11 is 1.64. The lowest BCUT2D eigenvalue weighted by atomic mass is 10.3. The second kappa shape index (κ2) is 6.99. The Kier molecular flexibility index (Phi) is 5.03. The van der Waals surface area contributed by atoms with Gasteiger partial charge in [-0.3, -0.25) is 4.98 Å². The van der Waals surface area contributed by atoms with Crippen molar-refractivity contribution >= 4 is 17.6 Å². The van der Waals surface area contributed by atoms with E-state index >= 15 is 0 Å². The van der Waals surface area contributed by atoms with E-state index in [-0.39, 0.29) is 0 Å². The third-order valence-corrected chi connectivity index (χ3v) is 3.23. The van der Waals surface area contributed by atoms with Gasteiger partial charge in [-0.15, -0.1) is 11.8 Å². The number of nitrogens with one attached hydrogen (secondary N) is 1. The maximum atomic E-state index is 5.79. The Labute approximate surface area is 117 Å². The van der Waals surface area contributed by atoms with Gasteiger partial charge in [0.1, 0.15) is 11.6 Å². The highest BCUT2D eigenvalue weighted by atomic mass is 32.2. The van der Waals surface area contributed by atoms with E-state index in [1.807, 2.05) is 30.5 Å². The number of thioether (sulfide) groups is 1. The molecule has 0 aliphatic rings. The highest BCUT2D eigenvalue weighted by Crippen LogP contribution is 2.30. The van der Waals surface area contributed by atoms with Crippen molar-refractivity contribution in [1.29, 1.82) is 0 Å². The van der Waals surface area contributed by atoms with Crippen LogP contribution in [-0.4, -0.2) is 22.8 Å². The van der Waals surface area contributed by atoms with Gasteiger partial charge in [-0.25, -0.2) is 0 Å². The molecule has 2 aromatic rings. The standard InChI is InChI=1S/C14H17N3OS/c1-3-8-16-13-9-15-10-14(17-13)18-11-6-4-5-7-12(11)19-2/h4-7,9-10H,3,8H2,1-2H3,(H,16,17). The minimum atomic E-state index is 0.502. The van der Waals surface area contributed by atoms with Crippen LogP contribution in [0.5, 0.6) is 11.6 Å². The van der Waals surface area contributed by atoms with Gasteiger partial charge in [0.2, 0.25) is 5.88 Å². The number of nitrogens with zero attached hydrogens (tertiary/aromatic N) is 2. The van der Waals surface area contributed by atoms with Crippen LogP contribution in [0, 0.1) is 0 Å². The second-order valence-corrected chi connectivity index (χ2v) is 4.77. The summed E-state index contributed by atoms with van der Waals surface area (Å²) in [5.74, 6) is 2.04. The largest absolute Gasteiger partial charge is 0.436 e. The number of aromatic nitrogens is 2. The van der Waals surface area contributed by atoms with E-state index in [1.54, 1.807) is 24.2 Å². The maximum absolute atomic E-state index is 5.79. The Balaban J connectivity index is 2.14. The molecular weight excluding hydrogens is 258 g/mol. The minimum Gasteiger partial charge on any atom is -0.436 e. The third-order valence-electron chi connectivity index (χ3n) is 2.45. The zero-order valence-corrected chi connectivity index (χ0v) is 11.9. The van der Waals surface area contributed by atoms with Crippen molar-refractivity contribution in [3.63, 3.8) is 0 Å². The number of benzene rings is 1. The Bertz CT molecular complexity index is 534. The first-order valence-electron chi connectivity index (χ1n) is 6.20. The molecule has 0 unspecified atom stereocenters. The molecule has 5 heteroatoms. The fourth-order valence-corrected chi connectivity index (χ4v) is 2.08. The molecule has 0 amide bonds. The van der Waals surface area contributed by atoms with Crippen molar-refractivity contribution in [1.82, 2.24) is 9.97 Å². The first-order valence-corrected chi connectivity index (χ1v) is 7.42. The summed E-state index contributed by atoms with van der Waals surface area (Å²) in [6.07, 6.45) is 6.38. The molecule has 4 nitrogen and oxygen atoms in total. The molecule has 0 aliphatic heterocycles. The van der Waals surface area contributed by atoms with Crippen LogP contribution in [0.25, 0.3) is 0 Å². The van der Waals surface area contributed by atoms with Gasteiger partial charge in [-0.05, 0) is 24.8 Å². The van der Waals surface area contributed by atoms with Crippen LogP contribution in [-0.2, 0) is 0 Å². The summed E-state index contributed by atoms with van der Waals surface area (Å²) in [4.78, 5) is 9.59. The van der Waals surface area contributed by atoms with Crippen molar-refractivity contribution in [2.75, 3.05) is 18.1 Å². The highest BCUT2D eigenvalue weighted by molar-refractivity contribution is 7.98. The number of ether oxygens (including phenoxy) is 1. The van der Waals surface area contributed by atoms with E-state index < -0.39 is 0 Å². The quantitative estimate of drug-likeness (QED) is 0.812. The van der Waals surface area contributed by atoms with Gasteiger partial charge >= 0.3 is 0 Å². The van der Waals surface area contributed by atoms with Crippen molar-refractivity contribution in [3.05, 3.63) is 36.7 Å². The van der Waals surface area contributed by atoms with Gasteiger partial charge in [0.05, 0.1) is 12.4 Å². The van der Waals surface area contributed by atoms with E-state index in [9.17, 15) is 0 Å². The lowest BCUT2D eigenvalue weighted by Gasteiger charge is -2.09. The van der Waals surface area contributed by atoms with Crippen LogP contribution >= 0.6 is 11.8 Å². The SMILES string of the molecule is CCCNc1cncc(Oc2ccccc2SC)n1. The number of anilines is 1. The van der Waals surface area contributed by atoms with E-state index in [1.165, 1.54) is 0 Å². The van der Waals surface area contributed by atoms with Gasteiger partial charge in [-0.2, -0.15) is 4.98 Å². The molecule has 0 saturated heterocycles. The number of hydrogen-bond donors (Lipinski definition) is 1. The van der Waals surface area contributed by atoms with Crippen LogP contribution in [0.4, 0.5) is 5.82 Å². The van der Waals surface area contributed by atoms with Crippen LogP contribution in [0.15, 0.2) is 41.6 Å². The molecular formula is C14H17N3OS. The molecule has 2 rings (SSSR count). The monoisotopic (exact) mass is 275 g/mol. The molecule has 0 bridgehead atoms. The lowest BCUT2D eigenvalue weighted by molar-refractivity contribution is 0.450. The topological polar surface area (TPSA) is 47.0 Å². The number of rotatable bonds is 6. The van der Waals surface area contributed by atoms with E-state index in [0.29, 0.717) is 5.88 Å². The predicted molar refractivity (Wildman–Crippen MR) is 79.1 cm³/mol. The molecule has 0 radical (unpaired) electrons. The Hall–Kier alpha value is -1.75. The van der Waals surface area contributed by atoms with Gasteiger partial charge in [0.25, 0.3) is 0 Å². The third kappa shape index (κ3) is 3.86. The first kappa shape index (κ1) is 13.7. The molecule has 1 N–H and O–H groups in total. The normalized spacial score (nSPS) is 10.2. The summed E-state index contributed by atoms with van der Waals surface area (Å²) in [5.41, 5.74) is 0. The number of hydrogen-bond acceptors (Lipinski definition) is 5. The molecule has 0 spiro atoms. The van der Waals surface area contributed by atoms with Crippen LogP contribution in [0.3, 0.4) is 0 Å². The molecule has 100 valence electrons. The van der Waals surface area contributed by atoms with E-state index in [4.69, 9.17) is 4.74 Å². The van der Waals surface area contributed by atoms with Crippen molar-refractivity contribution in [2.45, 2.75) is 18.2 Å². The van der Waals surface area contributed by atoms with Crippen LogP contribution in [0.1, 0.15) is 13.3 Å². The number of para-hydroxylation sites is 1. The molecule has 1 aromatic heterocycles.